The van der Waals surface area contributed by atoms with E-state index in [1.165, 1.54) is 0 Å². The molecule has 1 aliphatic rings. The lowest BCUT2D eigenvalue weighted by atomic mass is 10.0. The fourth-order valence-corrected chi connectivity index (χ4v) is 3.92. The molecule has 160 valence electrons. The van der Waals surface area contributed by atoms with E-state index in [-0.39, 0.29) is 18.2 Å². The Kier molecular flexibility index (Phi) is 6.92. The molecule has 7 nitrogen and oxygen atoms in total. The van der Waals surface area contributed by atoms with Crippen molar-refractivity contribution in [2.45, 2.75) is 46.1 Å². The summed E-state index contributed by atoms with van der Waals surface area (Å²) >= 11 is 0. The molecule has 1 atom stereocenters. The molecular weight excluding hydrogens is 382 g/mol. The molecule has 1 aromatic carbocycles. The zero-order valence-corrected chi connectivity index (χ0v) is 17.8. The molecule has 30 heavy (non-hydrogen) atoms. The lowest BCUT2D eigenvalue weighted by Crippen LogP contribution is -2.49. The third kappa shape index (κ3) is 4.72. The monoisotopic (exact) mass is 411 g/mol. The van der Waals surface area contributed by atoms with Crippen LogP contribution in [0.15, 0.2) is 30.3 Å². The van der Waals surface area contributed by atoms with Crippen LogP contribution in [0.1, 0.15) is 57.4 Å². The van der Waals surface area contributed by atoms with Gasteiger partial charge in [-0.1, -0.05) is 30.3 Å². The van der Waals surface area contributed by atoms with Gasteiger partial charge in [-0.15, -0.1) is 0 Å². The molecule has 2 aromatic rings. The topological polar surface area (TPSA) is 91.5 Å². The van der Waals surface area contributed by atoms with Crippen LogP contribution in [-0.2, 0) is 16.0 Å². The molecule has 1 aromatic heterocycles. The highest BCUT2D eigenvalue weighted by molar-refractivity contribution is 6.02. The van der Waals surface area contributed by atoms with Crippen LogP contribution in [0.25, 0.3) is 0 Å². The molecule has 3 rings (SSSR count). The van der Waals surface area contributed by atoms with Crippen LogP contribution in [0.3, 0.4) is 0 Å². The van der Waals surface area contributed by atoms with Crippen molar-refractivity contribution in [3.05, 3.63) is 58.4 Å². The van der Waals surface area contributed by atoms with Crippen molar-refractivity contribution in [1.82, 2.24) is 15.2 Å². The number of carbonyl (C=O) groups is 3. The number of aromatic amines is 1. The number of aromatic nitrogens is 1. The van der Waals surface area contributed by atoms with E-state index in [1.807, 2.05) is 35.2 Å². The Balaban J connectivity index is 1.83. The van der Waals surface area contributed by atoms with Gasteiger partial charge in [-0.3, -0.25) is 9.59 Å². The van der Waals surface area contributed by atoms with Crippen molar-refractivity contribution in [3.63, 3.8) is 0 Å². The number of H-pyrrole nitrogens is 1. The summed E-state index contributed by atoms with van der Waals surface area (Å²) in [7, 11) is 0. The van der Waals surface area contributed by atoms with Gasteiger partial charge in [0.25, 0.3) is 5.91 Å². The minimum absolute atomic E-state index is 0.0729. The number of hydrogen-bond donors (Lipinski definition) is 2. The fourth-order valence-electron chi connectivity index (χ4n) is 3.92. The maximum Gasteiger partial charge on any atom is 0.340 e. The molecule has 1 saturated heterocycles. The smallest absolute Gasteiger partial charge is 0.340 e. The second kappa shape index (κ2) is 9.61. The average Bonchev–Trinajstić information content (AvgIpc) is 3.36. The SMILES string of the molecule is CCOC(=O)c1c(C)[nH]c(C(=O)NC(Cc2ccccc2)C(=O)N2CCCC2)c1C. The highest BCUT2D eigenvalue weighted by atomic mass is 16.5. The number of rotatable bonds is 7. The number of nitrogens with one attached hydrogen (secondary N) is 2. The van der Waals surface area contributed by atoms with Gasteiger partial charge < -0.3 is 19.9 Å². The number of nitrogens with zero attached hydrogens (tertiary/aromatic N) is 1. The summed E-state index contributed by atoms with van der Waals surface area (Å²) in [6.45, 7) is 6.86. The van der Waals surface area contributed by atoms with Crippen molar-refractivity contribution >= 4 is 17.8 Å². The summed E-state index contributed by atoms with van der Waals surface area (Å²) in [5.41, 5.74) is 2.72. The Morgan fingerprint density at radius 3 is 2.43 bits per heavy atom. The Morgan fingerprint density at radius 2 is 1.80 bits per heavy atom. The standard InChI is InChI=1S/C23H29N3O4/c1-4-30-23(29)19-15(2)20(24-16(19)3)21(27)25-18(14-17-10-6-5-7-11-17)22(28)26-12-8-9-13-26/h5-7,10-11,18,24H,4,8-9,12-14H2,1-3H3,(H,25,27). The predicted molar refractivity (Wildman–Crippen MR) is 113 cm³/mol. The van der Waals surface area contributed by atoms with Gasteiger partial charge in [-0.2, -0.15) is 0 Å². The molecular formula is C23H29N3O4. The van der Waals surface area contributed by atoms with Gasteiger partial charge in [-0.05, 0) is 44.7 Å². The summed E-state index contributed by atoms with van der Waals surface area (Å²) < 4.78 is 5.10. The van der Waals surface area contributed by atoms with E-state index in [0.29, 0.717) is 36.3 Å². The van der Waals surface area contributed by atoms with E-state index in [2.05, 4.69) is 10.3 Å². The van der Waals surface area contributed by atoms with Gasteiger partial charge in [0.05, 0.1) is 12.2 Å². The Hall–Kier alpha value is -3.09. The first-order chi connectivity index (χ1) is 14.4. The number of benzene rings is 1. The third-order valence-corrected chi connectivity index (χ3v) is 5.45. The second-order valence-corrected chi connectivity index (χ2v) is 7.59. The number of aryl methyl sites for hydroxylation is 1. The molecule has 2 heterocycles. The van der Waals surface area contributed by atoms with Crippen LogP contribution in [-0.4, -0.2) is 53.4 Å². The zero-order valence-electron chi connectivity index (χ0n) is 17.8. The summed E-state index contributed by atoms with van der Waals surface area (Å²) in [6, 6.07) is 8.96. The highest BCUT2D eigenvalue weighted by Crippen LogP contribution is 2.20. The van der Waals surface area contributed by atoms with E-state index in [1.54, 1.807) is 20.8 Å². The van der Waals surface area contributed by atoms with Crippen LogP contribution in [0.2, 0.25) is 0 Å². The molecule has 1 fully saturated rings. The number of amides is 2. The second-order valence-electron chi connectivity index (χ2n) is 7.59. The minimum Gasteiger partial charge on any atom is -0.462 e. The average molecular weight is 412 g/mol. The largest absolute Gasteiger partial charge is 0.462 e. The number of carbonyl (C=O) groups excluding carboxylic acids is 3. The molecule has 2 amide bonds. The normalized spacial score (nSPS) is 14.4. The fraction of sp³-hybridized carbons (Fsp3) is 0.435. The molecule has 1 aliphatic heterocycles. The van der Waals surface area contributed by atoms with Crippen molar-refractivity contribution in [3.8, 4) is 0 Å². The van der Waals surface area contributed by atoms with E-state index >= 15 is 0 Å². The molecule has 0 bridgehead atoms. The summed E-state index contributed by atoms with van der Waals surface area (Å²) in [6.07, 6.45) is 2.37. The van der Waals surface area contributed by atoms with Crippen molar-refractivity contribution in [2.24, 2.45) is 0 Å². The first-order valence-electron chi connectivity index (χ1n) is 10.4. The Labute approximate surface area is 176 Å². The summed E-state index contributed by atoms with van der Waals surface area (Å²) in [5, 5.41) is 2.90. The lowest BCUT2D eigenvalue weighted by molar-refractivity contribution is -0.132. The molecule has 1 unspecified atom stereocenters. The van der Waals surface area contributed by atoms with Crippen molar-refractivity contribution < 1.29 is 19.1 Å². The quantitative estimate of drug-likeness (QED) is 0.686. The number of ether oxygens (including phenoxy) is 1. The minimum atomic E-state index is -0.674. The maximum atomic E-state index is 13.1. The van der Waals surface area contributed by atoms with Crippen LogP contribution in [0.4, 0.5) is 0 Å². The zero-order chi connectivity index (χ0) is 21.7. The van der Waals surface area contributed by atoms with Gasteiger partial charge in [0.1, 0.15) is 11.7 Å². The van der Waals surface area contributed by atoms with Crippen LogP contribution < -0.4 is 5.32 Å². The van der Waals surface area contributed by atoms with Crippen LogP contribution in [0, 0.1) is 13.8 Å². The van der Waals surface area contributed by atoms with E-state index in [0.717, 1.165) is 18.4 Å². The van der Waals surface area contributed by atoms with Gasteiger partial charge in [0.15, 0.2) is 0 Å². The molecule has 0 saturated carbocycles. The number of esters is 1. The molecule has 0 aliphatic carbocycles. The maximum absolute atomic E-state index is 13.1. The molecule has 0 radical (unpaired) electrons. The molecule has 0 spiro atoms. The number of hydrogen-bond acceptors (Lipinski definition) is 4. The third-order valence-electron chi connectivity index (χ3n) is 5.45. The Morgan fingerprint density at radius 1 is 1.13 bits per heavy atom. The van der Waals surface area contributed by atoms with Crippen molar-refractivity contribution in [1.29, 1.82) is 0 Å². The molecule has 7 heteroatoms. The van der Waals surface area contributed by atoms with Gasteiger partial charge in [0, 0.05) is 25.2 Å². The van der Waals surface area contributed by atoms with Gasteiger partial charge in [0.2, 0.25) is 5.91 Å². The number of likely N-dealkylation sites (tertiary alicyclic amines) is 1. The van der Waals surface area contributed by atoms with E-state index in [9.17, 15) is 14.4 Å². The van der Waals surface area contributed by atoms with Crippen LogP contribution >= 0.6 is 0 Å². The summed E-state index contributed by atoms with van der Waals surface area (Å²) in [5.74, 6) is -0.937. The Bertz CT molecular complexity index is 914. The van der Waals surface area contributed by atoms with Gasteiger partial charge >= 0.3 is 5.97 Å². The van der Waals surface area contributed by atoms with E-state index < -0.39 is 17.9 Å². The van der Waals surface area contributed by atoms with Crippen LogP contribution in [0.5, 0.6) is 0 Å². The highest BCUT2D eigenvalue weighted by Gasteiger charge is 2.30. The first-order valence-corrected chi connectivity index (χ1v) is 10.4. The van der Waals surface area contributed by atoms with Crippen molar-refractivity contribution in [2.75, 3.05) is 19.7 Å². The first kappa shape index (κ1) is 21.6. The lowest BCUT2D eigenvalue weighted by Gasteiger charge is -2.24. The summed E-state index contributed by atoms with van der Waals surface area (Å²) in [4.78, 5) is 43.2. The van der Waals surface area contributed by atoms with Gasteiger partial charge in [-0.25, -0.2) is 4.79 Å². The predicted octanol–water partition coefficient (Wildman–Crippen LogP) is 2.77. The molecule has 2 N–H and O–H groups in total. The van der Waals surface area contributed by atoms with E-state index in [4.69, 9.17) is 4.74 Å².